The van der Waals surface area contributed by atoms with Crippen molar-refractivity contribution in [1.29, 1.82) is 0 Å². The fourth-order valence-corrected chi connectivity index (χ4v) is 4.06. The molecule has 0 radical (unpaired) electrons. The Morgan fingerprint density at radius 2 is 1.72 bits per heavy atom. The van der Waals surface area contributed by atoms with Gasteiger partial charge in [-0.05, 0) is 24.5 Å². The van der Waals surface area contributed by atoms with Crippen LogP contribution < -0.4 is 4.74 Å². The van der Waals surface area contributed by atoms with Crippen molar-refractivity contribution in [2.75, 3.05) is 19.6 Å². The third-order valence-electron chi connectivity index (χ3n) is 5.55. The number of benzene rings is 2. The van der Waals surface area contributed by atoms with Gasteiger partial charge in [0.1, 0.15) is 11.4 Å². The van der Waals surface area contributed by atoms with Crippen LogP contribution in [-0.2, 0) is 0 Å². The summed E-state index contributed by atoms with van der Waals surface area (Å²) in [7, 11) is 0. The minimum atomic E-state index is -0.464. The summed E-state index contributed by atoms with van der Waals surface area (Å²) in [4.78, 5) is 2.29. The average Bonchev–Trinajstić information content (AvgIpc) is 2.64. The first kappa shape index (κ1) is 16.6. The number of nitrogens with zero attached hydrogens (tertiary/aromatic N) is 1. The number of ether oxygens (including phenoxy) is 1. The van der Waals surface area contributed by atoms with Gasteiger partial charge in [0.2, 0.25) is 0 Å². The van der Waals surface area contributed by atoms with Crippen LogP contribution in [0.5, 0.6) is 5.75 Å². The molecule has 2 N–H and O–H groups in total. The van der Waals surface area contributed by atoms with Crippen LogP contribution in [0.25, 0.3) is 0 Å². The van der Waals surface area contributed by atoms with E-state index in [0.717, 1.165) is 42.8 Å². The second-order valence-electron chi connectivity index (χ2n) is 7.27. The zero-order valence-electron chi connectivity index (χ0n) is 14.3. The van der Waals surface area contributed by atoms with E-state index in [4.69, 9.17) is 4.74 Å². The summed E-state index contributed by atoms with van der Waals surface area (Å²) < 4.78 is 6.32. The summed E-state index contributed by atoms with van der Waals surface area (Å²) in [6.45, 7) is 2.39. The highest BCUT2D eigenvalue weighted by atomic mass is 16.5. The van der Waals surface area contributed by atoms with Crippen LogP contribution in [-0.4, -0.2) is 40.3 Å². The number of aliphatic hydroxyl groups is 2. The number of likely N-dealkylation sites (tertiary alicyclic amines) is 1. The first-order chi connectivity index (χ1) is 12.2. The van der Waals surface area contributed by atoms with Crippen LogP contribution in [0, 0.1) is 0 Å². The van der Waals surface area contributed by atoms with E-state index in [9.17, 15) is 10.2 Å². The predicted molar refractivity (Wildman–Crippen MR) is 96.5 cm³/mol. The van der Waals surface area contributed by atoms with Crippen molar-refractivity contribution in [3.8, 4) is 5.75 Å². The fraction of sp³-hybridized carbons (Fsp3) is 0.429. The molecule has 4 nitrogen and oxygen atoms in total. The largest absolute Gasteiger partial charge is 0.487 e. The number of β-amino-alcohol motifs (C(OH)–C–C–N with tert-alkyl or cyclic N) is 1. The molecule has 1 saturated heterocycles. The SMILES string of the molecule is O[C@H](CN1CCC2(CC1)C[C@@H](O)c1ccccc1O2)c1ccccc1. The highest BCUT2D eigenvalue weighted by Gasteiger charge is 2.42. The molecule has 4 rings (SSSR count). The van der Waals surface area contributed by atoms with Gasteiger partial charge < -0.3 is 19.8 Å². The molecule has 2 heterocycles. The van der Waals surface area contributed by atoms with Gasteiger partial charge in [-0.15, -0.1) is 0 Å². The van der Waals surface area contributed by atoms with Gasteiger partial charge >= 0.3 is 0 Å². The molecule has 0 unspecified atom stereocenters. The Morgan fingerprint density at radius 3 is 2.48 bits per heavy atom. The van der Waals surface area contributed by atoms with Gasteiger partial charge in [0, 0.05) is 31.6 Å². The van der Waals surface area contributed by atoms with Gasteiger partial charge in [-0.25, -0.2) is 0 Å². The lowest BCUT2D eigenvalue weighted by atomic mass is 9.81. The van der Waals surface area contributed by atoms with Crippen LogP contribution in [0.4, 0.5) is 0 Å². The van der Waals surface area contributed by atoms with E-state index < -0.39 is 12.2 Å². The Labute approximate surface area is 148 Å². The minimum absolute atomic E-state index is 0.276. The second kappa shape index (κ2) is 6.79. The molecule has 1 spiro atoms. The molecule has 132 valence electrons. The first-order valence-electron chi connectivity index (χ1n) is 9.07. The third-order valence-corrected chi connectivity index (χ3v) is 5.55. The maximum atomic E-state index is 10.5. The van der Waals surface area contributed by atoms with Crippen molar-refractivity contribution in [2.24, 2.45) is 0 Å². The van der Waals surface area contributed by atoms with Crippen molar-refractivity contribution < 1.29 is 14.9 Å². The van der Waals surface area contributed by atoms with E-state index in [1.807, 2.05) is 54.6 Å². The monoisotopic (exact) mass is 339 g/mol. The smallest absolute Gasteiger partial charge is 0.125 e. The van der Waals surface area contributed by atoms with Crippen molar-refractivity contribution in [3.05, 3.63) is 65.7 Å². The molecule has 0 bridgehead atoms. The zero-order valence-corrected chi connectivity index (χ0v) is 14.3. The topological polar surface area (TPSA) is 52.9 Å². The number of rotatable bonds is 3. The number of aliphatic hydroxyl groups excluding tert-OH is 2. The molecule has 0 aromatic heterocycles. The summed E-state index contributed by atoms with van der Waals surface area (Å²) >= 11 is 0. The molecule has 0 amide bonds. The fourth-order valence-electron chi connectivity index (χ4n) is 4.06. The molecular formula is C21H25NO3. The van der Waals surface area contributed by atoms with Crippen molar-refractivity contribution in [2.45, 2.75) is 37.1 Å². The molecule has 1 fully saturated rings. The highest BCUT2D eigenvalue weighted by molar-refractivity contribution is 5.38. The van der Waals surface area contributed by atoms with Crippen molar-refractivity contribution >= 4 is 0 Å². The molecule has 0 saturated carbocycles. The van der Waals surface area contributed by atoms with E-state index in [1.54, 1.807) is 0 Å². The normalized spacial score (nSPS) is 23.7. The summed E-state index contributed by atoms with van der Waals surface area (Å²) in [6, 6.07) is 17.6. The quantitative estimate of drug-likeness (QED) is 0.902. The van der Waals surface area contributed by atoms with Crippen LogP contribution in [0.1, 0.15) is 42.6 Å². The van der Waals surface area contributed by atoms with Gasteiger partial charge in [0.15, 0.2) is 0 Å². The average molecular weight is 339 g/mol. The zero-order chi connectivity index (χ0) is 17.3. The third kappa shape index (κ3) is 3.43. The van der Waals surface area contributed by atoms with Crippen LogP contribution in [0.2, 0.25) is 0 Å². The van der Waals surface area contributed by atoms with Gasteiger partial charge in [0.25, 0.3) is 0 Å². The van der Waals surface area contributed by atoms with Crippen molar-refractivity contribution in [3.63, 3.8) is 0 Å². The van der Waals surface area contributed by atoms with Crippen molar-refractivity contribution in [1.82, 2.24) is 4.90 Å². The molecule has 25 heavy (non-hydrogen) atoms. The van der Waals surface area contributed by atoms with Crippen LogP contribution >= 0.6 is 0 Å². The lowest BCUT2D eigenvalue weighted by Crippen LogP contribution is -2.51. The first-order valence-corrected chi connectivity index (χ1v) is 9.07. The Balaban J connectivity index is 1.39. The highest BCUT2D eigenvalue weighted by Crippen LogP contribution is 2.44. The Kier molecular flexibility index (Phi) is 4.50. The van der Waals surface area contributed by atoms with E-state index in [-0.39, 0.29) is 5.60 Å². The molecule has 2 aromatic rings. The van der Waals surface area contributed by atoms with Gasteiger partial charge in [-0.1, -0.05) is 48.5 Å². The summed E-state index contributed by atoms with van der Waals surface area (Å²) in [5.74, 6) is 0.819. The summed E-state index contributed by atoms with van der Waals surface area (Å²) in [5.41, 5.74) is 1.58. The van der Waals surface area contributed by atoms with Gasteiger partial charge in [0.05, 0.1) is 12.2 Å². The lowest BCUT2D eigenvalue weighted by molar-refractivity contribution is -0.0587. The number of hydrogen-bond donors (Lipinski definition) is 2. The number of hydrogen-bond acceptors (Lipinski definition) is 4. The molecule has 2 aromatic carbocycles. The number of fused-ring (bicyclic) bond motifs is 1. The number of para-hydroxylation sites is 1. The Hall–Kier alpha value is -1.88. The second-order valence-corrected chi connectivity index (χ2v) is 7.27. The Bertz CT molecular complexity index is 710. The molecule has 2 atom stereocenters. The standard InChI is InChI=1S/C21H25NO3/c23-18-14-21(25-20-9-5-4-8-17(18)20)10-12-22(13-11-21)15-19(24)16-6-2-1-3-7-16/h1-9,18-19,23-24H,10-15H2/t18-,19-/m1/s1. The van der Waals surface area contributed by atoms with Crippen LogP contribution in [0.15, 0.2) is 54.6 Å². The lowest BCUT2D eigenvalue weighted by Gasteiger charge is -2.46. The van der Waals surface area contributed by atoms with E-state index in [2.05, 4.69) is 4.90 Å². The van der Waals surface area contributed by atoms with E-state index in [1.165, 1.54) is 0 Å². The molecule has 2 aliphatic rings. The molecular weight excluding hydrogens is 314 g/mol. The number of piperidine rings is 1. The maximum Gasteiger partial charge on any atom is 0.125 e. The van der Waals surface area contributed by atoms with Gasteiger partial charge in [-0.2, -0.15) is 0 Å². The summed E-state index contributed by atoms with van der Waals surface area (Å²) in [5, 5.41) is 20.9. The Morgan fingerprint density at radius 1 is 1.04 bits per heavy atom. The maximum absolute atomic E-state index is 10.5. The molecule has 4 heteroatoms. The predicted octanol–water partition coefficient (Wildman–Crippen LogP) is 3.07. The van der Waals surface area contributed by atoms with Crippen LogP contribution in [0.3, 0.4) is 0 Å². The van der Waals surface area contributed by atoms with Gasteiger partial charge in [-0.3, -0.25) is 0 Å². The molecule has 2 aliphatic heterocycles. The molecule has 0 aliphatic carbocycles. The minimum Gasteiger partial charge on any atom is -0.487 e. The van der Waals surface area contributed by atoms with E-state index >= 15 is 0 Å². The summed E-state index contributed by atoms with van der Waals surface area (Å²) in [6.07, 6.45) is 1.49. The van der Waals surface area contributed by atoms with E-state index in [0.29, 0.717) is 13.0 Å².